The summed E-state index contributed by atoms with van der Waals surface area (Å²) in [6.45, 7) is 6.82. The summed E-state index contributed by atoms with van der Waals surface area (Å²) in [6.07, 6.45) is 19.7. The molecule has 1 saturated heterocycles. The maximum Gasteiger partial charge on any atom is 0.410 e. The number of rotatable bonds is 35. The van der Waals surface area contributed by atoms with Crippen molar-refractivity contribution in [3.8, 4) is 0 Å². The van der Waals surface area contributed by atoms with E-state index in [9.17, 15) is 33.9 Å². The molecule has 2 aliphatic heterocycles. The normalized spacial score (nSPS) is 18.0. The first-order chi connectivity index (χ1) is 31.0. The molecule has 2 rings (SSSR count). The van der Waals surface area contributed by atoms with E-state index in [1.54, 1.807) is 12.2 Å². The van der Waals surface area contributed by atoms with Crippen LogP contribution in [0.4, 0.5) is 4.79 Å². The Morgan fingerprint density at radius 2 is 0.922 bits per heavy atom. The van der Waals surface area contributed by atoms with Gasteiger partial charge in [0.1, 0.15) is 18.3 Å². The highest BCUT2D eigenvalue weighted by Crippen LogP contribution is 2.19. The number of ether oxygens (including phenoxy) is 6. The predicted octanol–water partition coefficient (Wildman–Crippen LogP) is 8.41. The van der Waals surface area contributed by atoms with Crippen LogP contribution in [0.3, 0.4) is 0 Å². The number of carbonyl (C=O) groups is 6. The van der Waals surface area contributed by atoms with E-state index in [0.717, 1.165) is 103 Å². The molecule has 0 aromatic rings. The molecule has 2 heterocycles. The van der Waals surface area contributed by atoms with E-state index in [2.05, 4.69) is 25.7 Å². The van der Waals surface area contributed by atoms with Crippen molar-refractivity contribution in [3.05, 3.63) is 12.2 Å². The van der Waals surface area contributed by atoms with E-state index >= 15 is 0 Å². The molecule has 0 bridgehead atoms. The van der Waals surface area contributed by atoms with Crippen LogP contribution in [-0.4, -0.2) is 129 Å². The summed E-state index contributed by atoms with van der Waals surface area (Å²) >= 11 is 0. The Morgan fingerprint density at radius 3 is 1.31 bits per heavy atom. The van der Waals surface area contributed by atoms with Crippen molar-refractivity contribution in [2.45, 2.75) is 193 Å². The summed E-state index contributed by atoms with van der Waals surface area (Å²) in [5, 5.41) is 9.96. The number of carbonyl (C=O) groups excluding carboxylic acids is 6. The van der Waals surface area contributed by atoms with Crippen molar-refractivity contribution in [2.75, 3.05) is 59.7 Å². The fraction of sp³-hybridized carbons (Fsp3) is 0.837. The first-order valence-electron chi connectivity index (χ1n) is 24.7. The van der Waals surface area contributed by atoms with Gasteiger partial charge in [-0.15, -0.1) is 0 Å². The van der Waals surface area contributed by atoms with E-state index in [4.69, 9.17) is 28.4 Å². The van der Waals surface area contributed by atoms with E-state index in [-0.39, 0.29) is 89.0 Å². The third-order valence-corrected chi connectivity index (χ3v) is 11.6. The van der Waals surface area contributed by atoms with Gasteiger partial charge >= 0.3 is 35.9 Å². The first kappa shape index (κ1) is 56.4. The van der Waals surface area contributed by atoms with Gasteiger partial charge < -0.3 is 43.3 Å². The van der Waals surface area contributed by atoms with Gasteiger partial charge in [0, 0.05) is 50.8 Å². The monoisotopic (exact) mass is 909 g/mol. The lowest BCUT2D eigenvalue weighted by Crippen LogP contribution is -2.43. The number of unbranched alkanes of at least 4 members (excludes halogenated alkanes) is 15. The standard InChI is InChI=1S/C49H84N2O13/c1-5-8-11-14-17-20-23-44(53)59-36-39(35-52)30-47(56)62-41-26-27-42(34-51(33-41)49(58)64-43-28-29-50(4)32-43)63-48(57)31-40(37-60-45(54)24-21-18-15-12-9-6-2)38-61-46(55)25-22-19-16-13-10-7-3/h26-27,39-43,52H,5-25,28-38H2,1-4H3/t39?,41-,42+,43?/m0/s1. The van der Waals surface area contributed by atoms with Crippen molar-refractivity contribution >= 4 is 35.9 Å². The highest BCUT2D eigenvalue weighted by molar-refractivity contribution is 5.73. The largest absolute Gasteiger partial charge is 0.465 e. The number of hydrogen-bond acceptors (Lipinski definition) is 14. The second kappa shape index (κ2) is 35.5. The maximum absolute atomic E-state index is 13.5. The number of likely N-dealkylation sites (tertiary alicyclic amines) is 1. The van der Waals surface area contributed by atoms with Gasteiger partial charge in [-0.1, -0.05) is 117 Å². The molecule has 1 fully saturated rings. The number of aliphatic hydroxyl groups is 1. The van der Waals surface area contributed by atoms with Gasteiger partial charge in [0.25, 0.3) is 0 Å². The predicted molar refractivity (Wildman–Crippen MR) is 243 cm³/mol. The van der Waals surface area contributed by atoms with Crippen LogP contribution in [0.15, 0.2) is 12.2 Å². The van der Waals surface area contributed by atoms with Crippen molar-refractivity contribution in [1.82, 2.24) is 9.80 Å². The summed E-state index contributed by atoms with van der Waals surface area (Å²) < 4.78 is 33.9. The zero-order valence-electron chi connectivity index (χ0n) is 39.9. The average molecular weight is 909 g/mol. The molecule has 0 aromatic carbocycles. The summed E-state index contributed by atoms with van der Waals surface area (Å²) in [5.41, 5.74) is 0. The van der Waals surface area contributed by atoms with Crippen molar-refractivity contribution in [3.63, 3.8) is 0 Å². The average Bonchev–Trinajstić information content (AvgIpc) is 3.58. The van der Waals surface area contributed by atoms with E-state index in [0.29, 0.717) is 25.8 Å². The highest BCUT2D eigenvalue weighted by Gasteiger charge is 2.32. The molecular weight excluding hydrogens is 825 g/mol. The van der Waals surface area contributed by atoms with Crippen LogP contribution in [0.1, 0.15) is 175 Å². The van der Waals surface area contributed by atoms with Gasteiger partial charge in [-0.2, -0.15) is 0 Å². The summed E-state index contributed by atoms with van der Waals surface area (Å²) in [5.74, 6) is -3.79. The number of aliphatic hydroxyl groups excluding tert-OH is 1. The third-order valence-electron chi connectivity index (χ3n) is 11.6. The minimum atomic E-state index is -0.947. The van der Waals surface area contributed by atoms with Crippen LogP contribution in [0, 0.1) is 11.8 Å². The zero-order valence-corrected chi connectivity index (χ0v) is 39.9. The lowest BCUT2D eigenvalue weighted by Gasteiger charge is -2.27. The van der Waals surface area contributed by atoms with Crippen LogP contribution in [0.25, 0.3) is 0 Å². The molecule has 0 spiro atoms. The quantitative estimate of drug-likeness (QED) is 0.0277. The summed E-state index contributed by atoms with van der Waals surface area (Å²) in [4.78, 5) is 81.2. The molecular formula is C49H84N2O13. The van der Waals surface area contributed by atoms with Crippen LogP contribution in [0.2, 0.25) is 0 Å². The third kappa shape index (κ3) is 27.6. The molecule has 15 heteroatoms. The number of nitrogens with zero attached hydrogens (tertiary/aromatic N) is 2. The Morgan fingerprint density at radius 1 is 0.531 bits per heavy atom. The number of amides is 1. The van der Waals surface area contributed by atoms with Crippen molar-refractivity contribution in [2.24, 2.45) is 11.8 Å². The molecule has 0 radical (unpaired) electrons. The van der Waals surface area contributed by atoms with Crippen molar-refractivity contribution < 1.29 is 62.3 Å². The molecule has 2 unspecified atom stereocenters. The van der Waals surface area contributed by atoms with Gasteiger partial charge in [-0.3, -0.25) is 24.0 Å². The first-order valence-corrected chi connectivity index (χ1v) is 24.7. The van der Waals surface area contributed by atoms with E-state index < -0.39 is 48.7 Å². The highest BCUT2D eigenvalue weighted by atomic mass is 16.6. The SMILES string of the molecule is CCCCCCCCC(=O)OCC(COC(=O)CCCCCCCC)CC(=O)O[C@@H]1C=C[C@H](OC(=O)CC(CO)COC(=O)CCCCCCCC)CN(C(=O)OC2CCN(C)C2)C1. The van der Waals surface area contributed by atoms with Gasteiger partial charge in [0.2, 0.25) is 0 Å². The van der Waals surface area contributed by atoms with Gasteiger partial charge in [-0.25, -0.2) is 4.79 Å². The number of likely N-dealkylation sites (N-methyl/N-ethyl adjacent to an activating group) is 1. The Kier molecular flexibility index (Phi) is 31.3. The Labute approximate surface area is 384 Å². The second-order valence-electron chi connectivity index (χ2n) is 17.8. The molecule has 4 atom stereocenters. The van der Waals surface area contributed by atoms with Crippen LogP contribution >= 0.6 is 0 Å². The minimum Gasteiger partial charge on any atom is -0.465 e. The maximum atomic E-state index is 13.5. The zero-order chi connectivity index (χ0) is 46.8. The molecule has 368 valence electrons. The Hall–Kier alpha value is -3.72. The van der Waals surface area contributed by atoms with Gasteiger partial charge in [0.05, 0.1) is 45.8 Å². The molecule has 0 saturated carbocycles. The molecule has 0 aliphatic carbocycles. The van der Waals surface area contributed by atoms with Gasteiger partial charge in [0.15, 0.2) is 0 Å². The molecule has 0 aromatic heterocycles. The topological polar surface area (TPSA) is 185 Å². The Bertz CT molecular complexity index is 1330. The fourth-order valence-electron chi connectivity index (χ4n) is 7.63. The molecule has 2 aliphatic rings. The van der Waals surface area contributed by atoms with E-state index in [1.807, 2.05) is 7.05 Å². The summed E-state index contributed by atoms with van der Waals surface area (Å²) in [6, 6.07) is 0. The number of esters is 5. The van der Waals surface area contributed by atoms with Gasteiger partial charge in [-0.05, 0) is 44.9 Å². The minimum absolute atomic E-state index is 0.0829. The number of hydrogen-bond donors (Lipinski definition) is 1. The molecule has 15 nitrogen and oxygen atoms in total. The smallest absolute Gasteiger partial charge is 0.410 e. The molecule has 64 heavy (non-hydrogen) atoms. The van der Waals surface area contributed by atoms with Crippen LogP contribution in [0.5, 0.6) is 0 Å². The lowest BCUT2D eigenvalue weighted by molar-refractivity contribution is -0.156. The van der Waals surface area contributed by atoms with E-state index in [1.165, 1.54) is 11.3 Å². The molecule has 1 amide bonds. The van der Waals surface area contributed by atoms with Crippen LogP contribution < -0.4 is 0 Å². The summed E-state index contributed by atoms with van der Waals surface area (Å²) in [7, 11) is 1.94. The second-order valence-corrected chi connectivity index (χ2v) is 17.8. The fourth-order valence-corrected chi connectivity index (χ4v) is 7.63. The Balaban J connectivity index is 2.06. The lowest BCUT2D eigenvalue weighted by atomic mass is 10.1. The van der Waals surface area contributed by atoms with Crippen molar-refractivity contribution in [1.29, 1.82) is 0 Å². The molecule has 1 N–H and O–H groups in total. The van der Waals surface area contributed by atoms with Crippen LogP contribution in [-0.2, 0) is 52.4 Å².